The third kappa shape index (κ3) is 15.6. The minimum Gasteiger partial charge on any atom is -1.00 e. The van der Waals surface area contributed by atoms with Crippen LogP contribution in [0.2, 0.25) is 0 Å². The van der Waals surface area contributed by atoms with Gasteiger partial charge in [0, 0.05) is 17.7 Å². The fraction of sp³-hybridized carbons (Fsp3) is 0.533. The third-order valence-corrected chi connectivity index (χ3v) is 5.37. The summed E-state index contributed by atoms with van der Waals surface area (Å²) in [6.07, 6.45) is 2.25. The predicted molar refractivity (Wildman–Crippen MR) is 154 cm³/mol. The summed E-state index contributed by atoms with van der Waals surface area (Å²) in [6.45, 7) is 7.84. The summed E-state index contributed by atoms with van der Waals surface area (Å²) in [7, 11) is 0. The maximum absolute atomic E-state index is 9.10. The zero-order valence-corrected chi connectivity index (χ0v) is 25.2. The second-order valence-electron chi connectivity index (χ2n) is 9.06. The zero-order valence-electron chi connectivity index (χ0n) is 24.2. The van der Waals surface area contributed by atoms with E-state index in [1.54, 1.807) is 6.92 Å². The molecule has 8 nitrogen and oxygen atoms in total. The van der Waals surface area contributed by atoms with Crippen molar-refractivity contribution in [2.24, 2.45) is 9.98 Å². The van der Waals surface area contributed by atoms with Crippen LogP contribution in [0.15, 0.2) is 70.6 Å². The monoisotopic (exact) mass is 554 g/mol. The largest absolute Gasteiger partial charge is 1.00 e. The molecule has 0 unspecified atom stereocenters. The minimum absolute atomic E-state index is 0. The van der Waals surface area contributed by atoms with Crippen molar-refractivity contribution in [1.82, 2.24) is 0 Å². The van der Waals surface area contributed by atoms with Crippen LogP contribution in [-0.4, -0.2) is 84.4 Å². The Morgan fingerprint density at radius 2 is 1.31 bits per heavy atom. The molecule has 2 aromatic rings. The van der Waals surface area contributed by atoms with Crippen LogP contribution >= 0.6 is 0 Å². The Bertz CT molecular complexity index is 932. The Balaban J connectivity index is 0. The van der Waals surface area contributed by atoms with Gasteiger partial charge in [-0.1, -0.05) is 57.2 Å². The Labute approximate surface area is 257 Å². The molecule has 2 aliphatic rings. The number of hydrogen-bond donors (Lipinski definition) is 3. The summed E-state index contributed by atoms with van der Waals surface area (Å²) < 4.78 is 16.3. The summed E-state index contributed by atoms with van der Waals surface area (Å²) in [6, 6.07) is 19.5. The van der Waals surface area contributed by atoms with Crippen molar-refractivity contribution < 1.29 is 60.5 Å². The molecule has 3 N–H and O–H groups in total. The first-order chi connectivity index (χ1) is 17.9. The Kier molecular flexibility index (Phi) is 21.0. The van der Waals surface area contributed by atoms with Crippen molar-refractivity contribution in [2.75, 3.05) is 33.0 Å². The molecule has 2 aliphatic heterocycles. The van der Waals surface area contributed by atoms with Gasteiger partial charge in [0.15, 0.2) is 0 Å². The molecule has 0 aromatic heterocycles. The number of aliphatic hydroxyl groups excluding tert-OH is 3. The average molecular weight is 555 g/mol. The van der Waals surface area contributed by atoms with Crippen molar-refractivity contribution in [3.05, 3.63) is 71.8 Å². The van der Waals surface area contributed by atoms with Crippen molar-refractivity contribution in [2.45, 2.75) is 71.8 Å². The fourth-order valence-electron chi connectivity index (χ4n) is 3.38. The van der Waals surface area contributed by atoms with E-state index in [0.29, 0.717) is 44.6 Å². The number of rotatable bonds is 10. The molecule has 0 saturated heterocycles. The molecule has 39 heavy (non-hydrogen) atoms. The molecule has 9 heteroatoms. The van der Waals surface area contributed by atoms with Gasteiger partial charge < -0.3 is 31.0 Å². The predicted octanol–water partition coefficient (Wildman–Crippen LogP) is 1.36. The van der Waals surface area contributed by atoms with E-state index in [1.807, 2.05) is 67.6 Å². The third-order valence-electron chi connectivity index (χ3n) is 5.37. The van der Waals surface area contributed by atoms with Crippen LogP contribution in [0, 0.1) is 0 Å². The van der Waals surface area contributed by atoms with Gasteiger partial charge in [-0.2, -0.15) is 0 Å². The molecule has 0 aliphatic carbocycles. The summed E-state index contributed by atoms with van der Waals surface area (Å²) >= 11 is 0. The number of ether oxygens (including phenoxy) is 3. The van der Waals surface area contributed by atoms with Crippen LogP contribution in [0.1, 0.15) is 60.0 Å². The van der Waals surface area contributed by atoms with Crippen molar-refractivity contribution in [3.8, 4) is 0 Å². The first-order valence-electron chi connectivity index (χ1n) is 13.0. The quantitative estimate of drug-likeness (QED) is 0.302. The van der Waals surface area contributed by atoms with Gasteiger partial charge in [-0.25, -0.2) is 9.98 Å². The first-order valence-corrected chi connectivity index (χ1v) is 13.0. The number of aliphatic imine (C=N–C) groups is 2. The topological polar surface area (TPSA) is 113 Å². The van der Waals surface area contributed by atoms with Gasteiger partial charge in [-0.15, -0.1) is 0 Å². The van der Waals surface area contributed by atoms with E-state index in [9.17, 15) is 0 Å². The van der Waals surface area contributed by atoms with Gasteiger partial charge in [0.05, 0.1) is 25.4 Å². The smallest absolute Gasteiger partial charge is 1.00 e. The van der Waals surface area contributed by atoms with E-state index in [1.165, 1.54) is 0 Å². The molecule has 0 amide bonds. The summed E-state index contributed by atoms with van der Waals surface area (Å²) in [5.74, 6) is 1.33. The molecular weight excluding hydrogens is 507 g/mol. The number of benzene rings is 2. The van der Waals surface area contributed by atoms with Crippen LogP contribution < -0.4 is 29.6 Å². The molecule has 4 rings (SSSR count). The molecule has 4 atom stereocenters. The molecule has 2 aromatic carbocycles. The molecule has 0 saturated carbocycles. The Morgan fingerprint density at radius 1 is 0.846 bits per heavy atom. The molecule has 0 fully saturated rings. The maximum atomic E-state index is 9.10. The summed E-state index contributed by atoms with van der Waals surface area (Å²) in [5.41, 5.74) is 1.97. The summed E-state index contributed by atoms with van der Waals surface area (Å²) in [5, 5.41) is 26.5. The maximum Gasteiger partial charge on any atom is 1.00 e. The van der Waals surface area contributed by atoms with E-state index in [4.69, 9.17) is 29.5 Å². The SMILES string of the molecule is C.CCC[C@@H](C)O.C[C@@H](O)CCOC[C@H]1COC(c2ccccc2)=N1.OC[C@H]1COC(c2ccccc2)=N1.[H-].[Na+]. The van der Waals surface area contributed by atoms with E-state index < -0.39 is 0 Å². The zero-order chi connectivity index (χ0) is 26.9. The average Bonchev–Trinajstić information content (AvgIpc) is 3.58. The van der Waals surface area contributed by atoms with Gasteiger partial charge in [-0.05, 0) is 51.0 Å². The van der Waals surface area contributed by atoms with Gasteiger partial charge in [0.1, 0.15) is 25.3 Å². The Hall–Kier alpha value is -1.78. The Morgan fingerprint density at radius 3 is 1.69 bits per heavy atom. The van der Waals surface area contributed by atoms with Gasteiger partial charge >= 0.3 is 29.6 Å². The van der Waals surface area contributed by atoms with Crippen LogP contribution in [0.3, 0.4) is 0 Å². The van der Waals surface area contributed by atoms with Crippen molar-refractivity contribution >= 4 is 11.8 Å². The molecular formula is C30H47N2NaO6. The fourth-order valence-corrected chi connectivity index (χ4v) is 3.38. The van der Waals surface area contributed by atoms with E-state index in [-0.39, 0.29) is 69.3 Å². The molecule has 0 radical (unpaired) electrons. The van der Waals surface area contributed by atoms with Crippen LogP contribution in [0.25, 0.3) is 0 Å². The van der Waals surface area contributed by atoms with Crippen LogP contribution in [-0.2, 0) is 14.2 Å². The van der Waals surface area contributed by atoms with Crippen LogP contribution in [0.4, 0.5) is 0 Å². The molecule has 0 bridgehead atoms. The molecule has 2 heterocycles. The number of hydrogen-bond acceptors (Lipinski definition) is 8. The van der Waals surface area contributed by atoms with Crippen LogP contribution in [0.5, 0.6) is 0 Å². The second kappa shape index (κ2) is 22.0. The van der Waals surface area contributed by atoms with Gasteiger partial charge in [-0.3, -0.25) is 0 Å². The van der Waals surface area contributed by atoms with E-state index in [2.05, 4.69) is 16.9 Å². The van der Waals surface area contributed by atoms with Gasteiger partial charge in [0.2, 0.25) is 11.8 Å². The van der Waals surface area contributed by atoms with Crippen molar-refractivity contribution in [3.63, 3.8) is 0 Å². The summed E-state index contributed by atoms with van der Waals surface area (Å²) in [4.78, 5) is 8.70. The van der Waals surface area contributed by atoms with E-state index >= 15 is 0 Å². The first kappa shape index (κ1) is 37.2. The minimum atomic E-state index is -0.312. The number of aliphatic hydroxyl groups is 3. The normalized spacial score (nSPS) is 18.6. The van der Waals surface area contributed by atoms with E-state index in [0.717, 1.165) is 24.0 Å². The van der Waals surface area contributed by atoms with Gasteiger partial charge in [0.25, 0.3) is 0 Å². The standard InChI is InChI=1S/C14H19NO3.C10H11NO2.C5H12O.CH4.Na.H/c1-11(16)7-8-17-9-13-10-18-14(15-13)12-5-3-2-4-6-12;12-6-9-7-13-10(11-9)8-4-2-1-3-5-8;1-3-4-5(2)6;;;/h2-6,11,13,16H,7-10H2,1H3;1-5,9,12H,6-7H2;5-6H,3-4H2,1-2H3;1H4;;/q;;;;+1;-1/t11-,13+;9-;5-;;;/m101.../s1. The molecule has 214 valence electrons. The second-order valence-corrected chi connectivity index (χ2v) is 9.06. The van der Waals surface area contributed by atoms with Crippen molar-refractivity contribution in [1.29, 1.82) is 0 Å². The molecule has 0 spiro atoms. The number of nitrogens with zero attached hydrogens (tertiary/aromatic N) is 2.